The average molecular weight is 256 g/mol. The van der Waals surface area contributed by atoms with E-state index in [1.54, 1.807) is 0 Å². The fourth-order valence-corrected chi connectivity index (χ4v) is 2.65. The van der Waals surface area contributed by atoms with Crippen LogP contribution in [0.3, 0.4) is 0 Å². The van der Waals surface area contributed by atoms with Gasteiger partial charge in [0, 0.05) is 31.7 Å². The molecule has 18 heavy (non-hydrogen) atoms. The first-order chi connectivity index (χ1) is 8.60. The SMILES string of the molecule is CCOCCN(CC)C(=O)C1CCC(N)C(C)C1. The lowest BCUT2D eigenvalue weighted by molar-refractivity contribution is -0.137. The molecule has 0 aliphatic heterocycles. The van der Waals surface area contributed by atoms with Gasteiger partial charge >= 0.3 is 0 Å². The Balaban J connectivity index is 2.45. The number of rotatable bonds is 6. The fourth-order valence-electron chi connectivity index (χ4n) is 2.65. The van der Waals surface area contributed by atoms with Crippen molar-refractivity contribution >= 4 is 5.91 Å². The van der Waals surface area contributed by atoms with Gasteiger partial charge in [0.2, 0.25) is 5.91 Å². The minimum absolute atomic E-state index is 0.168. The molecule has 1 fully saturated rings. The van der Waals surface area contributed by atoms with E-state index < -0.39 is 0 Å². The van der Waals surface area contributed by atoms with Crippen LogP contribution in [-0.4, -0.2) is 43.2 Å². The highest BCUT2D eigenvalue weighted by Crippen LogP contribution is 2.29. The lowest BCUT2D eigenvalue weighted by Crippen LogP contribution is -2.43. The number of amides is 1. The number of hydrogen-bond acceptors (Lipinski definition) is 3. The molecule has 1 aliphatic carbocycles. The number of hydrogen-bond donors (Lipinski definition) is 1. The summed E-state index contributed by atoms with van der Waals surface area (Å²) in [6.45, 7) is 8.98. The first kappa shape index (κ1) is 15.4. The number of nitrogens with two attached hydrogens (primary N) is 1. The summed E-state index contributed by atoms with van der Waals surface area (Å²) in [6.07, 6.45) is 2.85. The van der Waals surface area contributed by atoms with Crippen molar-refractivity contribution in [3.63, 3.8) is 0 Å². The zero-order chi connectivity index (χ0) is 13.5. The van der Waals surface area contributed by atoms with Gasteiger partial charge in [0.25, 0.3) is 0 Å². The van der Waals surface area contributed by atoms with Crippen LogP contribution in [0, 0.1) is 11.8 Å². The quantitative estimate of drug-likeness (QED) is 0.735. The highest BCUT2D eigenvalue weighted by Gasteiger charge is 2.31. The Kier molecular flexibility index (Phi) is 6.65. The number of likely N-dealkylation sites (N-methyl/N-ethyl adjacent to an activating group) is 1. The Morgan fingerprint density at radius 3 is 2.67 bits per heavy atom. The number of carbonyl (C=O) groups is 1. The molecule has 106 valence electrons. The van der Waals surface area contributed by atoms with E-state index in [0.29, 0.717) is 25.7 Å². The molecule has 0 radical (unpaired) electrons. The zero-order valence-corrected chi connectivity index (χ0v) is 12.0. The van der Waals surface area contributed by atoms with Crippen molar-refractivity contribution in [3.8, 4) is 0 Å². The second kappa shape index (κ2) is 7.74. The normalized spacial score (nSPS) is 28.1. The Labute approximate surface area is 111 Å². The smallest absolute Gasteiger partial charge is 0.225 e. The Hall–Kier alpha value is -0.610. The summed E-state index contributed by atoms with van der Waals surface area (Å²) in [5, 5.41) is 0. The summed E-state index contributed by atoms with van der Waals surface area (Å²) in [7, 11) is 0. The summed E-state index contributed by atoms with van der Waals surface area (Å²) in [5.74, 6) is 0.913. The van der Waals surface area contributed by atoms with Crippen LogP contribution in [0.4, 0.5) is 0 Å². The summed E-state index contributed by atoms with van der Waals surface area (Å²) < 4.78 is 5.33. The summed E-state index contributed by atoms with van der Waals surface area (Å²) in [5.41, 5.74) is 6.00. The average Bonchev–Trinajstić information content (AvgIpc) is 2.37. The van der Waals surface area contributed by atoms with Gasteiger partial charge in [-0.15, -0.1) is 0 Å². The zero-order valence-electron chi connectivity index (χ0n) is 12.0. The van der Waals surface area contributed by atoms with Gasteiger partial charge < -0.3 is 15.4 Å². The molecule has 0 bridgehead atoms. The van der Waals surface area contributed by atoms with Gasteiger partial charge in [-0.1, -0.05) is 6.92 Å². The van der Waals surface area contributed by atoms with Gasteiger partial charge in [-0.25, -0.2) is 0 Å². The van der Waals surface area contributed by atoms with E-state index in [1.807, 2.05) is 18.7 Å². The largest absolute Gasteiger partial charge is 0.380 e. The van der Waals surface area contributed by atoms with E-state index in [9.17, 15) is 4.79 Å². The maximum Gasteiger partial charge on any atom is 0.225 e. The molecular formula is C14H28N2O2. The first-order valence-electron chi connectivity index (χ1n) is 7.22. The molecule has 0 aromatic heterocycles. The van der Waals surface area contributed by atoms with Gasteiger partial charge in [0.05, 0.1) is 6.61 Å². The Morgan fingerprint density at radius 1 is 1.39 bits per heavy atom. The first-order valence-corrected chi connectivity index (χ1v) is 7.22. The molecule has 0 saturated heterocycles. The monoisotopic (exact) mass is 256 g/mol. The van der Waals surface area contributed by atoms with Crippen LogP contribution in [0.15, 0.2) is 0 Å². The number of nitrogens with zero attached hydrogens (tertiary/aromatic N) is 1. The summed E-state index contributed by atoms with van der Waals surface area (Å²) in [6, 6.07) is 0.271. The highest BCUT2D eigenvalue weighted by molar-refractivity contribution is 5.79. The van der Waals surface area contributed by atoms with Gasteiger partial charge in [0.1, 0.15) is 0 Å². The molecule has 0 heterocycles. The van der Waals surface area contributed by atoms with Crippen LogP contribution in [-0.2, 0) is 9.53 Å². The summed E-state index contributed by atoms with van der Waals surface area (Å²) >= 11 is 0. The van der Waals surface area contributed by atoms with E-state index >= 15 is 0 Å². The second-order valence-corrected chi connectivity index (χ2v) is 5.27. The predicted octanol–water partition coefficient (Wildman–Crippen LogP) is 1.63. The molecule has 0 aromatic carbocycles. The number of ether oxygens (including phenoxy) is 1. The van der Waals surface area contributed by atoms with Crippen LogP contribution in [0.5, 0.6) is 0 Å². The van der Waals surface area contributed by atoms with Crippen molar-refractivity contribution in [2.24, 2.45) is 17.6 Å². The molecule has 3 atom stereocenters. The molecule has 4 heteroatoms. The maximum absolute atomic E-state index is 12.4. The molecule has 1 amide bonds. The van der Waals surface area contributed by atoms with Crippen LogP contribution in [0.25, 0.3) is 0 Å². The van der Waals surface area contributed by atoms with Crippen molar-refractivity contribution in [2.45, 2.75) is 46.1 Å². The lowest BCUT2D eigenvalue weighted by atomic mass is 9.79. The molecule has 1 aliphatic rings. The van der Waals surface area contributed by atoms with Gasteiger partial charge in [-0.05, 0) is 39.0 Å². The fraction of sp³-hybridized carbons (Fsp3) is 0.929. The lowest BCUT2D eigenvalue weighted by Gasteiger charge is -2.34. The van der Waals surface area contributed by atoms with Crippen molar-refractivity contribution in [2.75, 3.05) is 26.3 Å². The van der Waals surface area contributed by atoms with Crippen molar-refractivity contribution in [1.29, 1.82) is 0 Å². The molecule has 2 N–H and O–H groups in total. The van der Waals surface area contributed by atoms with Crippen molar-refractivity contribution in [3.05, 3.63) is 0 Å². The van der Waals surface area contributed by atoms with Crippen LogP contribution < -0.4 is 5.73 Å². The van der Waals surface area contributed by atoms with E-state index in [-0.39, 0.29) is 17.9 Å². The van der Waals surface area contributed by atoms with Crippen molar-refractivity contribution in [1.82, 2.24) is 4.90 Å². The third-order valence-electron chi connectivity index (χ3n) is 3.99. The van der Waals surface area contributed by atoms with Crippen molar-refractivity contribution < 1.29 is 9.53 Å². The topological polar surface area (TPSA) is 55.6 Å². The maximum atomic E-state index is 12.4. The van der Waals surface area contributed by atoms with Gasteiger partial charge in [-0.3, -0.25) is 4.79 Å². The van der Waals surface area contributed by atoms with Crippen LogP contribution in [0.1, 0.15) is 40.0 Å². The standard InChI is InChI=1S/C14H28N2O2/c1-4-16(8-9-18-5-2)14(17)12-6-7-13(15)11(3)10-12/h11-13H,4-10,15H2,1-3H3. The summed E-state index contributed by atoms with van der Waals surface area (Å²) in [4.78, 5) is 14.3. The molecule has 0 aromatic rings. The van der Waals surface area contributed by atoms with E-state index in [1.165, 1.54) is 0 Å². The van der Waals surface area contributed by atoms with Crippen LogP contribution >= 0.6 is 0 Å². The van der Waals surface area contributed by atoms with Crippen LogP contribution in [0.2, 0.25) is 0 Å². The Bertz CT molecular complexity index is 258. The second-order valence-electron chi connectivity index (χ2n) is 5.27. The van der Waals surface area contributed by atoms with Gasteiger partial charge in [-0.2, -0.15) is 0 Å². The minimum Gasteiger partial charge on any atom is -0.380 e. The predicted molar refractivity (Wildman–Crippen MR) is 73.2 cm³/mol. The third-order valence-corrected chi connectivity index (χ3v) is 3.99. The molecular weight excluding hydrogens is 228 g/mol. The highest BCUT2D eigenvalue weighted by atomic mass is 16.5. The number of carbonyl (C=O) groups excluding carboxylic acids is 1. The third kappa shape index (κ3) is 4.25. The molecule has 1 rings (SSSR count). The van der Waals surface area contributed by atoms with E-state index in [0.717, 1.165) is 25.8 Å². The minimum atomic E-state index is 0.168. The Morgan fingerprint density at radius 2 is 2.11 bits per heavy atom. The van der Waals surface area contributed by atoms with Gasteiger partial charge in [0.15, 0.2) is 0 Å². The molecule has 0 spiro atoms. The molecule has 3 unspecified atom stereocenters. The molecule has 4 nitrogen and oxygen atoms in total. The van der Waals surface area contributed by atoms with E-state index in [4.69, 9.17) is 10.5 Å². The van der Waals surface area contributed by atoms with E-state index in [2.05, 4.69) is 6.92 Å². The molecule has 1 saturated carbocycles.